The normalized spacial score (nSPS) is 12.5. The number of carbonyl (C=O) groups is 1. The maximum Gasteiger partial charge on any atom is 0.339 e. The largest absolute Gasteiger partial charge is 0.478 e. The van der Waals surface area contributed by atoms with Crippen molar-refractivity contribution in [3.05, 3.63) is 23.5 Å². The molecule has 94 valence electrons. The van der Waals surface area contributed by atoms with E-state index in [4.69, 9.17) is 5.11 Å². The Hall–Kier alpha value is -1.58. The Morgan fingerprint density at radius 1 is 1.47 bits per heavy atom. The number of pyridine rings is 1. The second-order valence-corrected chi connectivity index (χ2v) is 4.78. The Bertz CT molecular complexity index is 402. The number of hydrogen-bond donors (Lipinski definition) is 2. The zero-order valence-electron chi connectivity index (χ0n) is 10.8. The Morgan fingerprint density at radius 2 is 2.12 bits per heavy atom. The summed E-state index contributed by atoms with van der Waals surface area (Å²) in [6.45, 7) is 9.07. The molecule has 2 N–H and O–H groups in total. The van der Waals surface area contributed by atoms with Gasteiger partial charge in [-0.1, -0.05) is 20.8 Å². The van der Waals surface area contributed by atoms with E-state index < -0.39 is 5.97 Å². The van der Waals surface area contributed by atoms with E-state index >= 15 is 0 Å². The Morgan fingerprint density at radius 3 is 2.65 bits per heavy atom. The second-order valence-electron chi connectivity index (χ2n) is 4.78. The van der Waals surface area contributed by atoms with Gasteiger partial charge in [-0.2, -0.15) is 0 Å². The third kappa shape index (κ3) is 3.73. The lowest BCUT2D eigenvalue weighted by atomic mass is 9.98. The molecule has 17 heavy (non-hydrogen) atoms. The van der Waals surface area contributed by atoms with Crippen molar-refractivity contribution in [1.82, 2.24) is 4.98 Å². The summed E-state index contributed by atoms with van der Waals surface area (Å²) in [4.78, 5) is 15.0. The molecule has 0 fully saturated rings. The zero-order valence-corrected chi connectivity index (χ0v) is 10.8. The topological polar surface area (TPSA) is 62.2 Å². The quantitative estimate of drug-likeness (QED) is 0.825. The summed E-state index contributed by atoms with van der Waals surface area (Å²) in [6.07, 6.45) is 1.40. The molecular formula is C13H20N2O2. The number of aryl methyl sites for hydroxylation is 1. The lowest BCUT2D eigenvalue weighted by molar-refractivity contribution is 0.0697. The molecule has 0 radical (unpaired) electrons. The molecule has 0 spiro atoms. The summed E-state index contributed by atoms with van der Waals surface area (Å²) in [7, 11) is 0. The Labute approximate surface area is 102 Å². The minimum atomic E-state index is -0.947. The van der Waals surface area contributed by atoms with Gasteiger partial charge in [0.2, 0.25) is 0 Å². The lowest BCUT2D eigenvalue weighted by Gasteiger charge is -2.18. The number of aromatic nitrogens is 1. The number of anilines is 1. The zero-order chi connectivity index (χ0) is 13.0. The first-order valence-corrected chi connectivity index (χ1v) is 5.85. The van der Waals surface area contributed by atoms with Crippen LogP contribution in [0, 0.1) is 18.8 Å². The molecule has 0 saturated heterocycles. The van der Waals surface area contributed by atoms with Gasteiger partial charge in [0.25, 0.3) is 0 Å². The van der Waals surface area contributed by atoms with Gasteiger partial charge in [-0.3, -0.25) is 4.98 Å². The molecule has 1 aromatic heterocycles. The molecule has 0 bridgehead atoms. The third-order valence-electron chi connectivity index (χ3n) is 3.02. The van der Waals surface area contributed by atoms with E-state index in [1.165, 1.54) is 6.20 Å². The number of rotatable bonds is 5. The van der Waals surface area contributed by atoms with Crippen molar-refractivity contribution in [2.75, 3.05) is 11.9 Å². The van der Waals surface area contributed by atoms with Gasteiger partial charge in [-0.25, -0.2) is 4.79 Å². The van der Waals surface area contributed by atoms with Crippen LogP contribution in [-0.4, -0.2) is 22.6 Å². The molecule has 1 aromatic rings. The smallest absolute Gasteiger partial charge is 0.339 e. The van der Waals surface area contributed by atoms with Crippen molar-refractivity contribution in [2.24, 2.45) is 11.8 Å². The van der Waals surface area contributed by atoms with Gasteiger partial charge in [0, 0.05) is 18.4 Å². The van der Waals surface area contributed by atoms with Crippen LogP contribution >= 0.6 is 0 Å². The number of hydrogen-bond acceptors (Lipinski definition) is 3. The van der Waals surface area contributed by atoms with Gasteiger partial charge in [-0.05, 0) is 24.8 Å². The fraction of sp³-hybridized carbons (Fsp3) is 0.538. The van der Waals surface area contributed by atoms with Gasteiger partial charge in [0.1, 0.15) is 5.56 Å². The van der Waals surface area contributed by atoms with E-state index in [1.54, 1.807) is 6.07 Å². The number of nitrogens with one attached hydrogen (secondary N) is 1. The van der Waals surface area contributed by atoms with Crippen LogP contribution in [0.2, 0.25) is 0 Å². The minimum absolute atomic E-state index is 0.228. The van der Waals surface area contributed by atoms with Gasteiger partial charge < -0.3 is 10.4 Å². The second kappa shape index (κ2) is 5.66. The van der Waals surface area contributed by atoms with Crippen LogP contribution in [0.25, 0.3) is 0 Å². The summed E-state index contributed by atoms with van der Waals surface area (Å²) < 4.78 is 0. The number of carboxylic acids is 1. The average molecular weight is 236 g/mol. The van der Waals surface area contributed by atoms with Crippen molar-refractivity contribution < 1.29 is 9.90 Å². The molecule has 0 aliphatic rings. The van der Waals surface area contributed by atoms with Crippen LogP contribution < -0.4 is 5.32 Å². The van der Waals surface area contributed by atoms with Crippen molar-refractivity contribution >= 4 is 11.7 Å². The summed E-state index contributed by atoms with van der Waals surface area (Å²) in [5.74, 6) is 0.112. The molecule has 0 saturated carbocycles. The van der Waals surface area contributed by atoms with Crippen LogP contribution in [0.3, 0.4) is 0 Å². The molecule has 4 nitrogen and oxygen atoms in total. The maximum atomic E-state index is 11.0. The molecule has 1 heterocycles. The van der Waals surface area contributed by atoms with Crippen LogP contribution in [-0.2, 0) is 0 Å². The minimum Gasteiger partial charge on any atom is -0.478 e. The van der Waals surface area contributed by atoms with Gasteiger partial charge in [0.15, 0.2) is 0 Å². The first kappa shape index (κ1) is 13.5. The van der Waals surface area contributed by atoms with E-state index in [9.17, 15) is 4.79 Å². The van der Waals surface area contributed by atoms with Crippen molar-refractivity contribution in [3.63, 3.8) is 0 Å². The summed E-state index contributed by atoms with van der Waals surface area (Å²) >= 11 is 0. The van der Waals surface area contributed by atoms with Crippen molar-refractivity contribution in [3.8, 4) is 0 Å². The predicted octanol–water partition coefficient (Wildman–Crippen LogP) is 2.79. The molecule has 0 aromatic carbocycles. The number of nitrogens with zero attached hydrogens (tertiary/aromatic N) is 1. The molecule has 0 amide bonds. The lowest BCUT2D eigenvalue weighted by Crippen LogP contribution is -2.18. The fourth-order valence-electron chi connectivity index (χ4n) is 1.38. The van der Waals surface area contributed by atoms with Crippen LogP contribution in [0.4, 0.5) is 5.69 Å². The maximum absolute atomic E-state index is 11.0. The van der Waals surface area contributed by atoms with Gasteiger partial charge in [-0.15, -0.1) is 0 Å². The molecule has 1 rings (SSSR count). The van der Waals surface area contributed by atoms with Gasteiger partial charge >= 0.3 is 5.97 Å². The van der Waals surface area contributed by atoms with E-state index in [1.807, 2.05) is 6.92 Å². The highest BCUT2D eigenvalue weighted by atomic mass is 16.4. The molecule has 1 atom stereocenters. The third-order valence-corrected chi connectivity index (χ3v) is 3.02. The standard InChI is InChI=1S/C13H20N2O2/c1-8(2)9(3)6-15-12-5-10(4)14-7-11(12)13(16)17/h5,7-9H,6H2,1-4H3,(H,14,15)(H,16,17). The average Bonchev–Trinajstić information content (AvgIpc) is 2.25. The molecule has 0 aliphatic carbocycles. The number of aromatic carboxylic acids is 1. The summed E-state index contributed by atoms with van der Waals surface area (Å²) in [5, 5.41) is 12.2. The van der Waals surface area contributed by atoms with E-state index in [-0.39, 0.29) is 5.56 Å². The molecule has 4 heteroatoms. The fourth-order valence-corrected chi connectivity index (χ4v) is 1.38. The summed E-state index contributed by atoms with van der Waals surface area (Å²) in [5.41, 5.74) is 1.69. The Kier molecular flexibility index (Phi) is 4.49. The van der Waals surface area contributed by atoms with Crippen LogP contribution in [0.1, 0.15) is 36.8 Å². The number of carboxylic acid groups (broad SMARTS) is 1. The predicted molar refractivity (Wildman–Crippen MR) is 68.4 cm³/mol. The first-order valence-electron chi connectivity index (χ1n) is 5.85. The molecule has 1 unspecified atom stereocenters. The van der Waals surface area contributed by atoms with E-state index in [0.717, 1.165) is 12.2 Å². The molecular weight excluding hydrogens is 216 g/mol. The van der Waals surface area contributed by atoms with Crippen molar-refractivity contribution in [1.29, 1.82) is 0 Å². The Balaban J connectivity index is 2.82. The van der Waals surface area contributed by atoms with Crippen LogP contribution in [0.15, 0.2) is 12.3 Å². The SMILES string of the molecule is Cc1cc(NCC(C)C(C)C)c(C(=O)O)cn1. The summed E-state index contributed by atoms with van der Waals surface area (Å²) in [6, 6.07) is 1.77. The van der Waals surface area contributed by atoms with E-state index in [0.29, 0.717) is 17.5 Å². The highest BCUT2D eigenvalue weighted by Gasteiger charge is 2.12. The highest BCUT2D eigenvalue weighted by Crippen LogP contribution is 2.17. The van der Waals surface area contributed by atoms with Crippen LogP contribution in [0.5, 0.6) is 0 Å². The van der Waals surface area contributed by atoms with Gasteiger partial charge in [0.05, 0.1) is 5.69 Å². The van der Waals surface area contributed by atoms with E-state index in [2.05, 4.69) is 31.1 Å². The molecule has 0 aliphatic heterocycles. The first-order chi connectivity index (χ1) is 7.91. The van der Waals surface area contributed by atoms with Crippen molar-refractivity contribution in [2.45, 2.75) is 27.7 Å². The highest BCUT2D eigenvalue weighted by molar-refractivity contribution is 5.93. The monoisotopic (exact) mass is 236 g/mol.